The summed E-state index contributed by atoms with van der Waals surface area (Å²) in [5.74, 6) is -0.449. The largest absolute Gasteiger partial charge is 0.478 e. The second kappa shape index (κ2) is 10.4. The van der Waals surface area contributed by atoms with Gasteiger partial charge in [-0.3, -0.25) is 4.98 Å². The van der Waals surface area contributed by atoms with E-state index < -0.39 is 16.1 Å². The molecular weight excluding hydrogens is 496 g/mol. The van der Waals surface area contributed by atoms with Crippen molar-refractivity contribution in [1.29, 1.82) is 0 Å². The van der Waals surface area contributed by atoms with E-state index in [-0.39, 0.29) is 40.4 Å². The number of carbonyl (C=O) groups is 1. The van der Waals surface area contributed by atoms with Crippen molar-refractivity contribution in [3.8, 4) is 17.1 Å². The summed E-state index contributed by atoms with van der Waals surface area (Å²) in [7, 11) is -3.24. The van der Waals surface area contributed by atoms with Crippen molar-refractivity contribution >= 4 is 21.9 Å². The van der Waals surface area contributed by atoms with Gasteiger partial charge < -0.3 is 14.2 Å². The van der Waals surface area contributed by atoms with E-state index in [9.17, 15) is 13.2 Å². The minimum atomic E-state index is -4.56. The van der Waals surface area contributed by atoms with E-state index in [1.165, 1.54) is 31.6 Å². The zero-order chi connectivity index (χ0) is 26.8. The predicted molar refractivity (Wildman–Crippen MR) is 137 cm³/mol. The zero-order valence-corrected chi connectivity index (χ0v) is 22.3. The van der Waals surface area contributed by atoms with Crippen molar-refractivity contribution in [2.24, 2.45) is 5.92 Å². The number of anilines is 1. The Morgan fingerprint density at radius 2 is 1.89 bits per heavy atom. The van der Waals surface area contributed by atoms with Gasteiger partial charge in [0.2, 0.25) is 5.82 Å². The molecule has 1 aromatic carbocycles. The number of aromatic nitrogens is 3. The van der Waals surface area contributed by atoms with E-state index >= 15 is 0 Å². The molecule has 1 aliphatic rings. The Hall–Kier alpha value is -3.57. The van der Waals surface area contributed by atoms with Crippen LogP contribution in [0.4, 0.5) is 10.6 Å². The number of hydrogen-bond donors (Lipinski definition) is 0. The normalized spacial score (nSPS) is 16.9. The molecule has 0 bridgehead atoms. The second-order valence-corrected chi connectivity index (χ2v) is 11.3. The Morgan fingerprint density at radius 1 is 1.19 bits per heavy atom. The highest BCUT2D eigenvalue weighted by Crippen LogP contribution is 2.35. The third-order valence-corrected chi connectivity index (χ3v) is 7.35. The van der Waals surface area contributed by atoms with Gasteiger partial charge in [-0.15, -0.1) is 4.31 Å². The molecule has 196 valence electrons. The number of amides is 1. The standard InChI is InChI=1S/C26H30N4O6S/c1-17(2)15-35-25(31)30(23-24(34-5)29-18(3)14-28-23)37(32,33)21-7-6-12-27-22(21)20-10-8-19(9-11-20)13-26(4)16-36-26/h6-12,14,17H,13,15-16H2,1-5H3. The fraction of sp³-hybridized carbons (Fsp3) is 0.385. The summed E-state index contributed by atoms with van der Waals surface area (Å²) in [6.45, 7) is 8.13. The summed E-state index contributed by atoms with van der Waals surface area (Å²) in [5, 5.41) is 0. The highest BCUT2D eigenvalue weighted by molar-refractivity contribution is 7.93. The van der Waals surface area contributed by atoms with E-state index in [0.29, 0.717) is 22.2 Å². The van der Waals surface area contributed by atoms with Gasteiger partial charge in [0.1, 0.15) is 4.90 Å². The summed E-state index contributed by atoms with van der Waals surface area (Å²) in [4.78, 5) is 25.7. The summed E-state index contributed by atoms with van der Waals surface area (Å²) >= 11 is 0. The molecule has 0 radical (unpaired) electrons. The van der Waals surface area contributed by atoms with Gasteiger partial charge in [-0.25, -0.2) is 23.2 Å². The first-order chi connectivity index (χ1) is 17.5. The van der Waals surface area contributed by atoms with Crippen LogP contribution in [0.1, 0.15) is 32.0 Å². The van der Waals surface area contributed by atoms with Crippen molar-refractivity contribution in [3.05, 3.63) is 60.0 Å². The van der Waals surface area contributed by atoms with Gasteiger partial charge in [0.05, 0.1) is 43.5 Å². The number of sulfonamides is 1. The van der Waals surface area contributed by atoms with E-state index in [1.807, 2.05) is 32.9 Å². The molecule has 1 aliphatic heterocycles. The van der Waals surface area contributed by atoms with Crippen LogP contribution >= 0.6 is 0 Å². The lowest BCUT2D eigenvalue weighted by Crippen LogP contribution is -2.39. The van der Waals surface area contributed by atoms with Crippen LogP contribution in [0.3, 0.4) is 0 Å². The molecule has 0 saturated carbocycles. The van der Waals surface area contributed by atoms with Gasteiger partial charge >= 0.3 is 6.09 Å². The number of hydrogen-bond acceptors (Lipinski definition) is 9. The maximum Gasteiger partial charge on any atom is 0.430 e. The summed E-state index contributed by atoms with van der Waals surface area (Å²) in [6, 6.07) is 10.3. The summed E-state index contributed by atoms with van der Waals surface area (Å²) in [5.41, 5.74) is 2.15. The molecule has 3 heterocycles. The number of aryl methyl sites for hydroxylation is 1. The van der Waals surface area contributed by atoms with Crippen molar-refractivity contribution < 1.29 is 27.4 Å². The lowest BCUT2D eigenvalue weighted by molar-refractivity contribution is 0.143. The molecule has 1 atom stereocenters. The third-order valence-electron chi connectivity index (χ3n) is 5.67. The van der Waals surface area contributed by atoms with Gasteiger partial charge in [-0.2, -0.15) is 0 Å². The first-order valence-corrected chi connectivity index (χ1v) is 13.3. The molecule has 1 saturated heterocycles. The number of nitrogens with zero attached hydrogens (tertiary/aromatic N) is 4. The lowest BCUT2D eigenvalue weighted by atomic mass is 10.00. The van der Waals surface area contributed by atoms with Crippen LogP contribution in [0.15, 0.2) is 53.7 Å². The molecule has 3 aromatic rings. The molecule has 0 aliphatic carbocycles. The van der Waals surface area contributed by atoms with E-state index in [1.54, 1.807) is 19.1 Å². The molecule has 11 heteroatoms. The van der Waals surface area contributed by atoms with Crippen molar-refractivity contribution in [2.45, 2.75) is 44.6 Å². The van der Waals surface area contributed by atoms with E-state index in [2.05, 4.69) is 15.0 Å². The van der Waals surface area contributed by atoms with Crippen LogP contribution in [0.5, 0.6) is 5.88 Å². The number of benzene rings is 1. The highest BCUT2D eigenvalue weighted by Gasteiger charge is 2.40. The SMILES string of the molecule is COc1nc(C)cnc1N(C(=O)OCC(C)C)S(=O)(=O)c1cccnc1-c1ccc(CC2(C)CO2)cc1. The monoisotopic (exact) mass is 526 g/mol. The van der Waals surface area contributed by atoms with Crippen LogP contribution in [-0.4, -0.2) is 55.4 Å². The first kappa shape index (κ1) is 26.5. The topological polar surface area (TPSA) is 124 Å². The highest BCUT2D eigenvalue weighted by atomic mass is 32.2. The third kappa shape index (κ3) is 5.89. The van der Waals surface area contributed by atoms with Crippen LogP contribution in [0.25, 0.3) is 11.3 Å². The number of epoxide rings is 1. The summed E-state index contributed by atoms with van der Waals surface area (Å²) in [6.07, 6.45) is 2.48. The fourth-order valence-electron chi connectivity index (χ4n) is 3.67. The molecule has 0 spiro atoms. The molecule has 10 nitrogen and oxygen atoms in total. The molecule has 2 aromatic heterocycles. The molecule has 1 amide bonds. The molecular formula is C26H30N4O6S. The van der Waals surface area contributed by atoms with Gasteiger partial charge in [-0.1, -0.05) is 38.1 Å². The molecule has 4 rings (SSSR count). The molecule has 0 N–H and O–H groups in total. The summed E-state index contributed by atoms with van der Waals surface area (Å²) < 4.78 is 44.7. The quantitative estimate of drug-likeness (QED) is 0.378. The second-order valence-electron chi connectivity index (χ2n) is 9.55. The molecule has 1 unspecified atom stereocenters. The minimum absolute atomic E-state index is 0.0104. The number of carbonyl (C=O) groups excluding carboxylic acids is 1. The van der Waals surface area contributed by atoms with Gasteiger partial charge in [0, 0.05) is 18.2 Å². The fourth-order valence-corrected chi connectivity index (χ4v) is 5.14. The number of methoxy groups -OCH3 is 1. The van der Waals surface area contributed by atoms with Crippen LogP contribution in [0.2, 0.25) is 0 Å². The van der Waals surface area contributed by atoms with Crippen LogP contribution in [-0.2, 0) is 25.9 Å². The van der Waals surface area contributed by atoms with Gasteiger partial charge in [-0.05, 0) is 37.5 Å². The average molecular weight is 527 g/mol. The Balaban J connectivity index is 1.78. The number of pyridine rings is 1. The Kier molecular flexibility index (Phi) is 7.47. The van der Waals surface area contributed by atoms with Gasteiger partial charge in [0.25, 0.3) is 15.9 Å². The van der Waals surface area contributed by atoms with Crippen LogP contribution < -0.4 is 9.04 Å². The Bertz CT molecular complexity index is 1390. The molecule has 37 heavy (non-hydrogen) atoms. The number of ether oxygens (including phenoxy) is 3. The maximum atomic E-state index is 14.1. The average Bonchev–Trinajstić information content (AvgIpc) is 3.60. The lowest BCUT2D eigenvalue weighted by Gasteiger charge is -2.23. The smallest absolute Gasteiger partial charge is 0.430 e. The molecule has 1 fully saturated rings. The number of rotatable bonds is 9. The first-order valence-electron chi connectivity index (χ1n) is 11.8. The minimum Gasteiger partial charge on any atom is -0.478 e. The van der Waals surface area contributed by atoms with E-state index in [4.69, 9.17) is 14.2 Å². The van der Waals surface area contributed by atoms with E-state index in [0.717, 1.165) is 12.0 Å². The van der Waals surface area contributed by atoms with Gasteiger partial charge in [0.15, 0.2) is 0 Å². The van der Waals surface area contributed by atoms with Crippen LogP contribution in [0, 0.1) is 12.8 Å². The predicted octanol–water partition coefficient (Wildman–Crippen LogP) is 4.17. The Labute approximate surface area is 216 Å². The zero-order valence-electron chi connectivity index (χ0n) is 21.5. The van der Waals surface area contributed by atoms with Crippen molar-refractivity contribution in [2.75, 3.05) is 24.6 Å². The Morgan fingerprint density at radius 3 is 2.51 bits per heavy atom. The van der Waals surface area contributed by atoms with Crippen molar-refractivity contribution in [3.63, 3.8) is 0 Å². The van der Waals surface area contributed by atoms with Crippen molar-refractivity contribution in [1.82, 2.24) is 15.0 Å². The maximum absolute atomic E-state index is 14.1.